The molecule has 0 aliphatic heterocycles. The number of carbonyl (C=O) groups is 3. The highest BCUT2D eigenvalue weighted by molar-refractivity contribution is 5.90. The Morgan fingerprint density at radius 3 is 2.07 bits per heavy atom. The van der Waals surface area contributed by atoms with Crippen LogP contribution in [0.4, 0.5) is 0 Å². The number of methoxy groups -OCH3 is 1. The molecule has 0 bridgehead atoms. The fraction of sp³-hybridized carbons (Fsp3) is 0.441. The summed E-state index contributed by atoms with van der Waals surface area (Å²) in [7, 11) is 1.35. The molecule has 0 saturated carbocycles. The first-order valence-corrected chi connectivity index (χ1v) is 14.2. The molecule has 0 fully saturated rings. The van der Waals surface area contributed by atoms with Gasteiger partial charge in [0, 0.05) is 23.1 Å². The minimum atomic E-state index is -0.453. The van der Waals surface area contributed by atoms with Gasteiger partial charge in [-0.05, 0) is 73.7 Å². The summed E-state index contributed by atoms with van der Waals surface area (Å²) in [4.78, 5) is 37.2. The van der Waals surface area contributed by atoms with E-state index in [1.165, 1.54) is 7.11 Å². The van der Waals surface area contributed by atoms with Crippen LogP contribution in [-0.2, 0) is 32.7 Å². The lowest BCUT2D eigenvalue weighted by atomic mass is 9.72. The molecule has 0 atom stereocenters. The number of Topliss-reactive ketones (excluding diaryl/α,β-unsaturated/α-hetero) is 1. The number of aromatic nitrogens is 1. The van der Waals surface area contributed by atoms with Crippen molar-refractivity contribution in [2.24, 2.45) is 5.41 Å². The summed E-state index contributed by atoms with van der Waals surface area (Å²) in [5.74, 6) is 0.382. The van der Waals surface area contributed by atoms with Crippen molar-refractivity contribution in [1.29, 1.82) is 0 Å². The number of carbonyl (C=O) groups excluding carboxylic acids is 3. The van der Waals surface area contributed by atoms with E-state index in [0.29, 0.717) is 23.7 Å². The molecule has 0 radical (unpaired) electrons. The normalized spacial score (nSPS) is 11.7. The van der Waals surface area contributed by atoms with E-state index in [-0.39, 0.29) is 30.2 Å². The summed E-state index contributed by atoms with van der Waals surface area (Å²) in [6.07, 6.45) is 1.81. The fourth-order valence-corrected chi connectivity index (χ4v) is 5.12. The maximum atomic E-state index is 13.3. The van der Waals surface area contributed by atoms with Gasteiger partial charge < -0.3 is 18.8 Å². The van der Waals surface area contributed by atoms with Crippen molar-refractivity contribution in [3.63, 3.8) is 0 Å². The molecule has 0 spiro atoms. The molecule has 0 saturated heterocycles. The highest BCUT2D eigenvalue weighted by atomic mass is 16.5. The van der Waals surface area contributed by atoms with Gasteiger partial charge in [-0.1, -0.05) is 58.9 Å². The van der Waals surface area contributed by atoms with Gasteiger partial charge in [-0.15, -0.1) is 0 Å². The van der Waals surface area contributed by atoms with Crippen LogP contribution in [0.25, 0.3) is 0 Å². The number of nitrogens with zero attached hydrogens (tertiary/aromatic N) is 1. The number of ketones is 1. The molecule has 0 unspecified atom stereocenters. The third kappa shape index (κ3) is 7.07. The maximum Gasteiger partial charge on any atom is 0.360 e. The number of esters is 2. The Hall–Kier alpha value is -3.87. The molecule has 3 rings (SSSR count). The van der Waals surface area contributed by atoms with Crippen molar-refractivity contribution in [3.05, 3.63) is 82.7 Å². The van der Waals surface area contributed by atoms with Gasteiger partial charge in [0.2, 0.25) is 0 Å². The molecule has 41 heavy (non-hydrogen) atoms. The molecule has 0 aliphatic rings. The second-order valence-electron chi connectivity index (χ2n) is 11.4. The number of hydrogen-bond acceptors (Lipinski definition) is 6. The van der Waals surface area contributed by atoms with Crippen molar-refractivity contribution in [2.75, 3.05) is 13.7 Å². The maximum absolute atomic E-state index is 13.3. The third-order valence-corrected chi connectivity index (χ3v) is 7.84. The van der Waals surface area contributed by atoms with Gasteiger partial charge in [-0.3, -0.25) is 9.59 Å². The average Bonchev–Trinajstić information content (AvgIpc) is 3.38. The predicted octanol–water partition coefficient (Wildman–Crippen LogP) is 6.85. The minimum absolute atomic E-state index is 0.0363. The van der Waals surface area contributed by atoms with Crippen molar-refractivity contribution in [2.45, 2.75) is 79.7 Å². The number of ether oxygens (including phenoxy) is 3. The second kappa shape index (κ2) is 13.2. The molecule has 7 nitrogen and oxygen atoms in total. The topological polar surface area (TPSA) is 83.8 Å². The van der Waals surface area contributed by atoms with E-state index in [1.54, 1.807) is 24.3 Å². The number of aryl methyl sites for hydroxylation is 1. The van der Waals surface area contributed by atoms with Crippen LogP contribution in [0.5, 0.6) is 11.5 Å². The molecule has 0 N–H and O–H groups in total. The van der Waals surface area contributed by atoms with Gasteiger partial charge in [-0.2, -0.15) is 0 Å². The second-order valence-corrected chi connectivity index (χ2v) is 11.4. The summed E-state index contributed by atoms with van der Waals surface area (Å²) in [5.41, 5.74) is 3.59. The number of hydrogen-bond donors (Lipinski definition) is 0. The van der Waals surface area contributed by atoms with Gasteiger partial charge >= 0.3 is 11.9 Å². The van der Waals surface area contributed by atoms with Gasteiger partial charge in [0.1, 0.15) is 23.8 Å². The first-order valence-electron chi connectivity index (χ1n) is 14.2. The summed E-state index contributed by atoms with van der Waals surface area (Å²) < 4.78 is 18.3. The van der Waals surface area contributed by atoms with Crippen LogP contribution in [0.1, 0.15) is 87.3 Å². The zero-order chi connectivity index (χ0) is 30.4. The number of benzene rings is 2. The molecule has 7 heteroatoms. The Bertz CT molecular complexity index is 1370. The minimum Gasteiger partial charge on any atom is -0.486 e. The molecule has 0 aliphatic carbocycles. The molecule has 2 aromatic carbocycles. The molecule has 1 aromatic heterocycles. The van der Waals surface area contributed by atoms with Crippen LogP contribution < -0.4 is 9.47 Å². The van der Waals surface area contributed by atoms with E-state index >= 15 is 0 Å². The van der Waals surface area contributed by atoms with Crippen LogP contribution in [0, 0.1) is 12.3 Å². The van der Waals surface area contributed by atoms with Crippen LogP contribution >= 0.6 is 0 Å². The largest absolute Gasteiger partial charge is 0.486 e. The third-order valence-electron chi connectivity index (χ3n) is 7.84. The van der Waals surface area contributed by atoms with Crippen molar-refractivity contribution in [3.8, 4) is 11.5 Å². The van der Waals surface area contributed by atoms with E-state index in [0.717, 1.165) is 35.2 Å². The smallest absolute Gasteiger partial charge is 0.360 e. The summed E-state index contributed by atoms with van der Waals surface area (Å²) >= 11 is 0. The Kier molecular flexibility index (Phi) is 10.2. The molecule has 1 heterocycles. The lowest BCUT2D eigenvalue weighted by Crippen LogP contribution is -2.30. The average molecular weight is 562 g/mol. The van der Waals surface area contributed by atoms with E-state index in [4.69, 9.17) is 14.2 Å². The Labute approximate surface area is 243 Å². The first-order chi connectivity index (χ1) is 19.4. The lowest BCUT2D eigenvalue weighted by Gasteiger charge is -2.34. The Morgan fingerprint density at radius 1 is 0.878 bits per heavy atom. The zero-order valence-electron chi connectivity index (χ0n) is 25.6. The van der Waals surface area contributed by atoms with E-state index in [9.17, 15) is 14.4 Å². The van der Waals surface area contributed by atoms with E-state index in [1.807, 2.05) is 57.4 Å². The van der Waals surface area contributed by atoms with E-state index in [2.05, 4.69) is 26.0 Å². The predicted molar refractivity (Wildman–Crippen MR) is 160 cm³/mol. The van der Waals surface area contributed by atoms with Crippen molar-refractivity contribution in [1.82, 2.24) is 4.57 Å². The van der Waals surface area contributed by atoms with Crippen molar-refractivity contribution < 1.29 is 28.6 Å². The summed E-state index contributed by atoms with van der Waals surface area (Å²) in [5, 5.41) is 0. The Balaban J connectivity index is 1.88. The standard InChI is InChI=1S/C34H43NO6/c1-9-34(10-2,25-14-18-28(23(4)20-25)40-22-30(36)33(5,6)7)29-19-17-27(35(29)11-3)32(38)41-26-15-12-24(13-16-26)21-31(37)39-8/h12-20H,9-11,21-22H2,1-8H3. The van der Waals surface area contributed by atoms with Crippen LogP contribution in [-0.4, -0.2) is 36.0 Å². The van der Waals surface area contributed by atoms with Crippen LogP contribution in [0.15, 0.2) is 54.6 Å². The molecule has 3 aromatic rings. The number of rotatable bonds is 12. The quantitative estimate of drug-likeness (QED) is 0.178. The fourth-order valence-electron chi connectivity index (χ4n) is 5.12. The molecule has 220 valence electrons. The lowest BCUT2D eigenvalue weighted by molar-refractivity contribution is -0.139. The highest BCUT2D eigenvalue weighted by Gasteiger charge is 2.35. The molecule has 0 amide bonds. The monoisotopic (exact) mass is 561 g/mol. The van der Waals surface area contributed by atoms with Gasteiger partial charge in [-0.25, -0.2) is 4.79 Å². The highest BCUT2D eigenvalue weighted by Crippen LogP contribution is 2.41. The molecular weight excluding hydrogens is 518 g/mol. The summed E-state index contributed by atoms with van der Waals surface area (Å²) in [6, 6.07) is 16.8. The van der Waals surface area contributed by atoms with Gasteiger partial charge in [0.15, 0.2) is 5.78 Å². The van der Waals surface area contributed by atoms with Crippen molar-refractivity contribution >= 4 is 17.7 Å². The SMILES string of the molecule is CCn1c(C(=O)Oc2ccc(CC(=O)OC)cc2)ccc1C(CC)(CC)c1ccc(OCC(=O)C(C)(C)C)c(C)c1. The van der Waals surface area contributed by atoms with Gasteiger partial charge in [0.05, 0.1) is 13.5 Å². The van der Waals surface area contributed by atoms with Crippen LogP contribution in [0.3, 0.4) is 0 Å². The summed E-state index contributed by atoms with van der Waals surface area (Å²) in [6.45, 7) is 14.6. The van der Waals surface area contributed by atoms with Crippen LogP contribution in [0.2, 0.25) is 0 Å². The molecular formula is C34H43NO6. The first kappa shape index (κ1) is 31.7. The van der Waals surface area contributed by atoms with Gasteiger partial charge in [0.25, 0.3) is 0 Å². The zero-order valence-corrected chi connectivity index (χ0v) is 25.6. The Morgan fingerprint density at radius 2 is 1.54 bits per heavy atom. The van der Waals surface area contributed by atoms with E-state index < -0.39 is 11.4 Å².